The van der Waals surface area contributed by atoms with E-state index < -0.39 is 0 Å². The van der Waals surface area contributed by atoms with Gasteiger partial charge in [-0.25, -0.2) is 4.98 Å². The van der Waals surface area contributed by atoms with E-state index >= 15 is 0 Å². The molecule has 0 bridgehead atoms. The highest BCUT2D eigenvalue weighted by Crippen LogP contribution is 2.20. The largest absolute Gasteiger partial charge is 0.340 e. The molecule has 0 atom stereocenters. The van der Waals surface area contributed by atoms with Gasteiger partial charge in [-0.05, 0) is 55.1 Å². The van der Waals surface area contributed by atoms with Crippen molar-refractivity contribution in [2.45, 2.75) is 11.8 Å². The number of hydrogen-bond acceptors (Lipinski definition) is 3. The van der Waals surface area contributed by atoms with E-state index in [2.05, 4.69) is 47.7 Å². The van der Waals surface area contributed by atoms with E-state index in [0.29, 0.717) is 0 Å². The summed E-state index contributed by atoms with van der Waals surface area (Å²) in [5.74, 6) is 0.886. The second-order valence-electron chi connectivity index (χ2n) is 3.57. The number of aromatic nitrogens is 1. The van der Waals surface area contributed by atoms with Gasteiger partial charge in [-0.1, -0.05) is 0 Å². The van der Waals surface area contributed by atoms with Crippen LogP contribution in [0.1, 0.15) is 5.56 Å². The lowest BCUT2D eigenvalue weighted by Crippen LogP contribution is -1.93. The highest BCUT2D eigenvalue weighted by Gasteiger charge is 1.96. The first-order valence-electron chi connectivity index (χ1n) is 5.11. The van der Waals surface area contributed by atoms with Crippen molar-refractivity contribution in [3.8, 4) is 0 Å². The van der Waals surface area contributed by atoms with Gasteiger partial charge in [0.2, 0.25) is 0 Å². The summed E-state index contributed by atoms with van der Waals surface area (Å²) in [6.45, 7) is 2.06. The Balaban J connectivity index is 2.14. The van der Waals surface area contributed by atoms with Crippen molar-refractivity contribution in [2.75, 3.05) is 11.6 Å². The third-order valence-electron chi connectivity index (χ3n) is 2.28. The number of pyridine rings is 1. The summed E-state index contributed by atoms with van der Waals surface area (Å²) in [5.41, 5.74) is 2.27. The van der Waals surface area contributed by atoms with Crippen molar-refractivity contribution in [2.24, 2.45) is 0 Å². The summed E-state index contributed by atoms with van der Waals surface area (Å²) in [7, 11) is 0. The molecule has 1 heterocycles. The highest BCUT2D eigenvalue weighted by atomic mass is 32.2. The minimum atomic E-state index is 0.886. The molecule has 0 aliphatic carbocycles. The summed E-state index contributed by atoms with van der Waals surface area (Å²) in [4.78, 5) is 5.53. The van der Waals surface area contributed by atoms with Gasteiger partial charge in [-0.2, -0.15) is 0 Å². The van der Waals surface area contributed by atoms with Gasteiger partial charge >= 0.3 is 0 Å². The molecule has 0 unspecified atom stereocenters. The van der Waals surface area contributed by atoms with E-state index in [1.54, 1.807) is 11.8 Å². The summed E-state index contributed by atoms with van der Waals surface area (Å²) in [5, 5.41) is 3.28. The minimum absolute atomic E-state index is 0.886. The maximum atomic E-state index is 4.26. The van der Waals surface area contributed by atoms with E-state index in [1.807, 2.05) is 18.3 Å². The van der Waals surface area contributed by atoms with Crippen molar-refractivity contribution >= 4 is 23.3 Å². The average molecular weight is 230 g/mol. The average Bonchev–Trinajstić information content (AvgIpc) is 2.30. The van der Waals surface area contributed by atoms with Crippen molar-refractivity contribution in [3.63, 3.8) is 0 Å². The summed E-state index contributed by atoms with van der Waals surface area (Å²) >= 11 is 1.74. The predicted molar refractivity (Wildman–Crippen MR) is 70.5 cm³/mol. The van der Waals surface area contributed by atoms with E-state index in [4.69, 9.17) is 0 Å². The molecular weight excluding hydrogens is 216 g/mol. The van der Waals surface area contributed by atoms with Gasteiger partial charge in [0.05, 0.1) is 0 Å². The van der Waals surface area contributed by atoms with Gasteiger partial charge in [0.25, 0.3) is 0 Å². The Morgan fingerprint density at radius 2 is 1.88 bits per heavy atom. The van der Waals surface area contributed by atoms with Gasteiger partial charge in [-0.15, -0.1) is 11.8 Å². The molecule has 1 aromatic heterocycles. The number of anilines is 2. The van der Waals surface area contributed by atoms with Crippen LogP contribution in [0.3, 0.4) is 0 Å². The molecule has 0 saturated carbocycles. The normalized spacial score (nSPS) is 10.1. The second-order valence-corrected chi connectivity index (χ2v) is 4.45. The first kappa shape index (κ1) is 11.0. The molecule has 0 fully saturated rings. The van der Waals surface area contributed by atoms with Crippen molar-refractivity contribution in [3.05, 3.63) is 48.2 Å². The molecule has 2 rings (SSSR count). The van der Waals surface area contributed by atoms with Crippen molar-refractivity contribution < 1.29 is 0 Å². The van der Waals surface area contributed by atoms with Crippen LogP contribution in [0.2, 0.25) is 0 Å². The molecule has 0 amide bonds. The van der Waals surface area contributed by atoms with Crippen LogP contribution in [0.15, 0.2) is 47.5 Å². The van der Waals surface area contributed by atoms with Crippen LogP contribution in [0.25, 0.3) is 0 Å². The van der Waals surface area contributed by atoms with Gasteiger partial charge in [-0.3, -0.25) is 0 Å². The lowest BCUT2D eigenvalue weighted by atomic mass is 10.3. The van der Waals surface area contributed by atoms with E-state index in [-0.39, 0.29) is 0 Å². The van der Waals surface area contributed by atoms with Crippen LogP contribution in [0, 0.1) is 6.92 Å². The Labute approximate surface area is 100 Å². The topological polar surface area (TPSA) is 24.9 Å². The van der Waals surface area contributed by atoms with Gasteiger partial charge < -0.3 is 5.32 Å². The Morgan fingerprint density at radius 1 is 1.12 bits per heavy atom. The maximum absolute atomic E-state index is 4.26. The number of aryl methyl sites for hydroxylation is 1. The molecule has 0 aliphatic rings. The number of hydrogen-bond donors (Lipinski definition) is 1. The first-order valence-corrected chi connectivity index (χ1v) is 6.34. The fraction of sp³-hybridized carbons (Fsp3) is 0.154. The van der Waals surface area contributed by atoms with Crippen molar-refractivity contribution in [1.82, 2.24) is 4.98 Å². The SMILES string of the molecule is CSc1ccc(Nc2cc(C)ccn2)cc1. The third kappa shape index (κ3) is 2.76. The Morgan fingerprint density at radius 3 is 2.50 bits per heavy atom. The molecule has 0 radical (unpaired) electrons. The van der Waals surface area contributed by atoms with Crippen LogP contribution < -0.4 is 5.32 Å². The molecule has 82 valence electrons. The molecule has 2 nitrogen and oxygen atoms in total. The smallest absolute Gasteiger partial charge is 0.130 e. The lowest BCUT2D eigenvalue weighted by Gasteiger charge is -2.06. The lowest BCUT2D eigenvalue weighted by molar-refractivity contribution is 1.27. The number of rotatable bonds is 3. The monoisotopic (exact) mass is 230 g/mol. The first-order chi connectivity index (χ1) is 7.78. The molecule has 1 aromatic carbocycles. The highest BCUT2D eigenvalue weighted by molar-refractivity contribution is 7.98. The summed E-state index contributed by atoms with van der Waals surface area (Å²) < 4.78 is 0. The van der Waals surface area contributed by atoms with Crippen LogP contribution in [0.4, 0.5) is 11.5 Å². The fourth-order valence-electron chi connectivity index (χ4n) is 1.43. The maximum Gasteiger partial charge on any atom is 0.130 e. The summed E-state index contributed by atoms with van der Waals surface area (Å²) in [6.07, 6.45) is 3.89. The molecule has 16 heavy (non-hydrogen) atoms. The number of nitrogens with one attached hydrogen (secondary N) is 1. The van der Waals surface area contributed by atoms with E-state index in [0.717, 1.165) is 11.5 Å². The van der Waals surface area contributed by atoms with Gasteiger partial charge in [0.1, 0.15) is 5.82 Å². The predicted octanol–water partition coefficient (Wildman–Crippen LogP) is 3.86. The molecule has 2 aromatic rings. The third-order valence-corrected chi connectivity index (χ3v) is 3.02. The van der Waals surface area contributed by atoms with Crippen molar-refractivity contribution in [1.29, 1.82) is 0 Å². The molecular formula is C13H14N2S. The zero-order valence-electron chi connectivity index (χ0n) is 9.40. The molecule has 1 N–H and O–H groups in total. The quantitative estimate of drug-likeness (QED) is 0.810. The number of nitrogens with zero attached hydrogens (tertiary/aromatic N) is 1. The van der Waals surface area contributed by atoms with Crippen LogP contribution >= 0.6 is 11.8 Å². The Bertz CT molecular complexity index is 466. The van der Waals surface area contributed by atoms with E-state index in [1.165, 1.54) is 10.5 Å². The Hall–Kier alpha value is -1.48. The minimum Gasteiger partial charge on any atom is -0.340 e. The molecule has 0 spiro atoms. The zero-order chi connectivity index (χ0) is 11.4. The molecule has 3 heteroatoms. The van der Waals surface area contributed by atoms with E-state index in [9.17, 15) is 0 Å². The van der Waals surface area contributed by atoms with Crippen LogP contribution in [-0.4, -0.2) is 11.2 Å². The molecule has 0 saturated heterocycles. The number of thioether (sulfide) groups is 1. The van der Waals surface area contributed by atoms with Crippen LogP contribution in [-0.2, 0) is 0 Å². The zero-order valence-corrected chi connectivity index (χ0v) is 10.2. The standard InChI is InChI=1S/C13H14N2S/c1-10-7-8-14-13(9-10)15-11-3-5-12(16-2)6-4-11/h3-9H,1-2H3,(H,14,15). The number of benzene rings is 1. The summed E-state index contributed by atoms with van der Waals surface area (Å²) in [6, 6.07) is 12.3. The van der Waals surface area contributed by atoms with Gasteiger partial charge in [0.15, 0.2) is 0 Å². The Kier molecular flexibility index (Phi) is 3.47. The van der Waals surface area contributed by atoms with Crippen LogP contribution in [0.5, 0.6) is 0 Å². The fourth-order valence-corrected chi connectivity index (χ4v) is 1.84. The van der Waals surface area contributed by atoms with Gasteiger partial charge in [0, 0.05) is 16.8 Å². The second kappa shape index (κ2) is 5.03. The molecule has 0 aliphatic heterocycles.